The Balaban J connectivity index is 1.90. The number of ether oxygens (including phenoxy) is 2. The molecule has 0 N–H and O–H groups in total. The molecule has 0 spiro atoms. The van der Waals surface area contributed by atoms with Crippen LogP contribution in [0.2, 0.25) is 0 Å². The number of hydrogen-bond donors (Lipinski definition) is 0. The average Bonchev–Trinajstić information content (AvgIpc) is 2.77. The third kappa shape index (κ3) is 2.85. The van der Waals surface area contributed by atoms with Gasteiger partial charge in [-0.05, 0) is 30.0 Å². The molecular formula is C13H14Br2O4S. The molecule has 0 radical (unpaired) electrons. The molecular weight excluding hydrogens is 412 g/mol. The van der Waals surface area contributed by atoms with Crippen molar-refractivity contribution in [3.8, 4) is 11.5 Å². The molecule has 2 unspecified atom stereocenters. The van der Waals surface area contributed by atoms with Crippen LogP contribution in [0.5, 0.6) is 11.5 Å². The first kappa shape index (κ1) is 14.7. The Bertz CT molecular complexity index is 630. The second kappa shape index (κ2) is 5.50. The van der Waals surface area contributed by atoms with E-state index in [0.717, 1.165) is 21.5 Å². The minimum Gasteiger partial charge on any atom is -0.486 e. The van der Waals surface area contributed by atoms with E-state index in [1.54, 1.807) is 0 Å². The Morgan fingerprint density at radius 2 is 1.85 bits per heavy atom. The second-order valence-corrected chi connectivity index (χ2v) is 9.15. The highest BCUT2D eigenvalue weighted by Gasteiger charge is 2.34. The van der Waals surface area contributed by atoms with Crippen LogP contribution in [-0.2, 0) is 9.84 Å². The number of fused-ring (bicyclic) bond motifs is 1. The van der Waals surface area contributed by atoms with Gasteiger partial charge in [-0.2, -0.15) is 0 Å². The van der Waals surface area contributed by atoms with E-state index in [1.807, 2.05) is 12.1 Å². The van der Waals surface area contributed by atoms with E-state index in [2.05, 4.69) is 31.9 Å². The average molecular weight is 426 g/mol. The lowest BCUT2D eigenvalue weighted by Gasteiger charge is -2.23. The van der Waals surface area contributed by atoms with E-state index >= 15 is 0 Å². The summed E-state index contributed by atoms with van der Waals surface area (Å²) in [6.07, 6.45) is 0.694. The van der Waals surface area contributed by atoms with E-state index in [0.29, 0.717) is 19.6 Å². The molecule has 1 aromatic rings. The Morgan fingerprint density at radius 1 is 1.20 bits per heavy atom. The number of sulfone groups is 1. The van der Waals surface area contributed by atoms with Crippen molar-refractivity contribution in [1.82, 2.24) is 0 Å². The summed E-state index contributed by atoms with van der Waals surface area (Å²) in [6.45, 7) is 1.09. The van der Waals surface area contributed by atoms with Crippen LogP contribution in [0.4, 0.5) is 0 Å². The first-order valence-corrected chi connectivity index (χ1v) is 9.93. The zero-order chi connectivity index (χ0) is 14.3. The van der Waals surface area contributed by atoms with Crippen molar-refractivity contribution >= 4 is 41.7 Å². The smallest absolute Gasteiger partial charge is 0.162 e. The maximum absolute atomic E-state index is 11.6. The molecule has 2 aliphatic heterocycles. The number of halogens is 2. The lowest BCUT2D eigenvalue weighted by atomic mass is 9.98. The van der Waals surface area contributed by atoms with Gasteiger partial charge in [-0.3, -0.25) is 0 Å². The lowest BCUT2D eigenvalue weighted by Crippen LogP contribution is -2.16. The lowest BCUT2D eigenvalue weighted by molar-refractivity contribution is 0.171. The summed E-state index contributed by atoms with van der Waals surface area (Å²) in [6, 6.07) is 3.82. The number of hydrogen-bond acceptors (Lipinski definition) is 4. The van der Waals surface area contributed by atoms with Crippen LogP contribution >= 0.6 is 31.9 Å². The summed E-state index contributed by atoms with van der Waals surface area (Å²) in [5, 5.41) is 0. The van der Waals surface area contributed by atoms with Crippen LogP contribution in [0.15, 0.2) is 16.6 Å². The van der Waals surface area contributed by atoms with Gasteiger partial charge in [0.1, 0.15) is 13.2 Å². The van der Waals surface area contributed by atoms with Crippen molar-refractivity contribution in [3.05, 3.63) is 22.2 Å². The SMILES string of the molecule is O=S1(=O)CCC(C(Br)c2cc3c(cc2Br)OCCO3)C1. The third-order valence-corrected chi connectivity index (χ3v) is 7.36. The highest BCUT2D eigenvalue weighted by Crippen LogP contribution is 2.45. The maximum atomic E-state index is 11.6. The third-order valence-electron chi connectivity index (χ3n) is 3.64. The Morgan fingerprint density at radius 3 is 2.45 bits per heavy atom. The molecule has 1 aromatic carbocycles. The van der Waals surface area contributed by atoms with Crippen LogP contribution in [-0.4, -0.2) is 33.1 Å². The van der Waals surface area contributed by atoms with E-state index in [9.17, 15) is 8.42 Å². The molecule has 110 valence electrons. The molecule has 7 heteroatoms. The molecule has 1 fully saturated rings. The summed E-state index contributed by atoms with van der Waals surface area (Å²) in [5.41, 5.74) is 1.01. The van der Waals surface area contributed by atoms with E-state index in [-0.39, 0.29) is 22.3 Å². The van der Waals surface area contributed by atoms with Crippen molar-refractivity contribution in [3.63, 3.8) is 0 Å². The largest absolute Gasteiger partial charge is 0.486 e. The highest BCUT2D eigenvalue weighted by atomic mass is 79.9. The molecule has 0 amide bonds. The van der Waals surface area contributed by atoms with Gasteiger partial charge in [-0.15, -0.1) is 0 Å². The Labute approximate surface area is 135 Å². The summed E-state index contributed by atoms with van der Waals surface area (Å²) in [4.78, 5) is -0.00928. The molecule has 2 atom stereocenters. The molecule has 1 saturated heterocycles. The van der Waals surface area contributed by atoms with E-state index in [1.165, 1.54) is 0 Å². The van der Waals surface area contributed by atoms with Crippen molar-refractivity contribution in [1.29, 1.82) is 0 Å². The van der Waals surface area contributed by atoms with Crippen LogP contribution in [0.1, 0.15) is 16.8 Å². The van der Waals surface area contributed by atoms with Crippen LogP contribution < -0.4 is 9.47 Å². The molecule has 0 aromatic heterocycles. The van der Waals surface area contributed by atoms with Gasteiger partial charge in [0.25, 0.3) is 0 Å². The summed E-state index contributed by atoms with van der Waals surface area (Å²) < 4.78 is 35.3. The monoisotopic (exact) mass is 424 g/mol. The van der Waals surface area contributed by atoms with Gasteiger partial charge in [0.05, 0.1) is 11.5 Å². The molecule has 2 heterocycles. The van der Waals surface area contributed by atoms with Gasteiger partial charge in [0.2, 0.25) is 0 Å². The van der Waals surface area contributed by atoms with Gasteiger partial charge in [-0.1, -0.05) is 31.9 Å². The van der Waals surface area contributed by atoms with Crippen LogP contribution in [0, 0.1) is 5.92 Å². The van der Waals surface area contributed by atoms with Crippen molar-refractivity contribution in [2.75, 3.05) is 24.7 Å². The first-order valence-electron chi connectivity index (χ1n) is 6.40. The van der Waals surface area contributed by atoms with E-state index in [4.69, 9.17) is 9.47 Å². The van der Waals surface area contributed by atoms with Crippen molar-refractivity contribution in [2.45, 2.75) is 11.2 Å². The quantitative estimate of drug-likeness (QED) is 0.683. The van der Waals surface area contributed by atoms with Crippen LogP contribution in [0.25, 0.3) is 0 Å². The minimum atomic E-state index is -2.88. The molecule has 4 nitrogen and oxygen atoms in total. The van der Waals surface area contributed by atoms with Gasteiger partial charge in [0.15, 0.2) is 21.3 Å². The molecule has 0 aliphatic carbocycles. The zero-order valence-electron chi connectivity index (χ0n) is 10.6. The van der Waals surface area contributed by atoms with Gasteiger partial charge in [-0.25, -0.2) is 8.42 Å². The Kier molecular flexibility index (Phi) is 4.03. The van der Waals surface area contributed by atoms with Gasteiger partial charge in [0, 0.05) is 9.30 Å². The zero-order valence-corrected chi connectivity index (χ0v) is 14.6. The highest BCUT2D eigenvalue weighted by molar-refractivity contribution is 9.11. The van der Waals surface area contributed by atoms with Gasteiger partial charge < -0.3 is 9.47 Å². The van der Waals surface area contributed by atoms with E-state index < -0.39 is 9.84 Å². The van der Waals surface area contributed by atoms with Gasteiger partial charge >= 0.3 is 0 Å². The maximum Gasteiger partial charge on any atom is 0.162 e. The Hall–Kier alpha value is -0.270. The fourth-order valence-corrected chi connectivity index (χ4v) is 6.39. The van der Waals surface area contributed by atoms with Crippen molar-refractivity contribution in [2.24, 2.45) is 5.92 Å². The predicted molar refractivity (Wildman–Crippen MR) is 83.6 cm³/mol. The summed E-state index contributed by atoms with van der Waals surface area (Å²) in [7, 11) is -2.88. The molecule has 2 aliphatic rings. The number of alkyl halides is 1. The fraction of sp³-hybridized carbons (Fsp3) is 0.538. The number of benzene rings is 1. The predicted octanol–water partition coefficient (Wildman–Crippen LogP) is 3.09. The standard InChI is InChI=1S/C13H14Br2O4S/c14-10-6-12-11(18-2-3-19-12)5-9(10)13(15)8-1-4-20(16,17)7-8/h5-6,8,13H,1-4,7H2. The molecule has 0 saturated carbocycles. The molecule has 3 rings (SSSR count). The fourth-order valence-electron chi connectivity index (χ4n) is 2.60. The van der Waals surface area contributed by atoms with Crippen molar-refractivity contribution < 1.29 is 17.9 Å². The summed E-state index contributed by atoms with van der Waals surface area (Å²) in [5.74, 6) is 2.07. The molecule has 0 bridgehead atoms. The number of rotatable bonds is 2. The first-order chi connectivity index (χ1) is 9.46. The topological polar surface area (TPSA) is 52.6 Å². The second-order valence-electron chi connectivity index (χ2n) is 5.08. The minimum absolute atomic E-state index is 0.00928. The molecule has 20 heavy (non-hydrogen) atoms. The van der Waals surface area contributed by atoms with Crippen LogP contribution in [0.3, 0.4) is 0 Å². The summed E-state index contributed by atoms with van der Waals surface area (Å²) >= 11 is 7.19. The normalized spacial score (nSPS) is 25.4.